The Labute approximate surface area is 125 Å². The number of hydrogen-bond donors (Lipinski definition) is 2. The zero-order valence-corrected chi connectivity index (χ0v) is 12.5. The van der Waals surface area contributed by atoms with Gasteiger partial charge in [-0.2, -0.15) is 0 Å². The molecule has 5 nitrogen and oxygen atoms in total. The summed E-state index contributed by atoms with van der Waals surface area (Å²) in [6.07, 6.45) is 1.25. The van der Waals surface area contributed by atoms with Crippen LogP contribution in [-0.2, 0) is 11.2 Å². The molecule has 0 aliphatic carbocycles. The van der Waals surface area contributed by atoms with E-state index in [1.54, 1.807) is 4.90 Å². The molecule has 3 atom stereocenters. The maximum Gasteiger partial charge on any atom is 0.326 e. The molecule has 2 N–H and O–H groups in total. The van der Waals surface area contributed by atoms with Crippen molar-refractivity contribution in [3.05, 3.63) is 35.9 Å². The summed E-state index contributed by atoms with van der Waals surface area (Å²) in [5.41, 5.74) is 0.896. The van der Waals surface area contributed by atoms with Crippen LogP contribution in [0.3, 0.4) is 0 Å². The maximum atomic E-state index is 12.3. The van der Waals surface area contributed by atoms with E-state index >= 15 is 0 Å². The van der Waals surface area contributed by atoms with Gasteiger partial charge in [0, 0.05) is 19.0 Å². The molecule has 1 heterocycles. The van der Waals surface area contributed by atoms with Gasteiger partial charge >= 0.3 is 12.0 Å². The van der Waals surface area contributed by atoms with Crippen molar-refractivity contribution in [2.75, 3.05) is 6.54 Å². The highest BCUT2D eigenvalue weighted by Gasteiger charge is 2.32. The Bertz CT molecular complexity index is 504. The first-order valence-electron chi connectivity index (χ1n) is 7.31. The Kier molecular flexibility index (Phi) is 4.83. The number of carbonyl (C=O) groups is 2. The first-order chi connectivity index (χ1) is 9.97. The van der Waals surface area contributed by atoms with Gasteiger partial charge in [0.15, 0.2) is 0 Å². The van der Waals surface area contributed by atoms with Crippen LogP contribution in [0.1, 0.15) is 25.8 Å². The molecule has 1 fully saturated rings. The number of carboxylic acids is 1. The van der Waals surface area contributed by atoms with Gasteiger partial charge < -0.3 is 15.3 Å². The van der Waals surface area contributed by atoms with Gasteiger partial charge in [-0.3, -0.25) is 0 Å². The van der Waals surface area contributed by atoms with Crippen molar-refractivity contribution in [1.29, 1.82) is 0 Å². The maximum absolute atomic E-state index is 12.3. The number of rotatable bonds is 4. The lowest BCUT2D eigenvalue weighted by atomic mass is 10.1. The molecule has 2 amide bonds. The number of aliphatic carboxylic acids is 1. The number of benzene rings is 1. The van der Waals surface area contributed by atoms with Crippen molar-refractivity contribution < 1.29 is 14.7 Å². The fourth-order valence-corrected chi connectivity index (χ4v) is 2.86. The summed E-state index contributed by atoms with van der Waals surface area (Å²) in [6.45, 7) is 4.78. The summed E-state index contributed by atoms with van der Waals surface area (Å²) >= 11 is 0. The van der Waals surface area contributed by atoms with E-state index in [9.17, 15) is 14.7 Å². The van der Waals surface area contributed by atoms with Crippen molar-refractivity contribution >= 4 is 12.0 Å². The molecule has 114 valence electrons. The van der Waals surface area contributed by atoms with Crippen LogP contribution in [-0.4, -0.2) is 40.6 Å². The standard InChI is InChI=1S/C16H22N2O3/c1-11-8-12(2)18(10-11)16(21)17-14(15(19)20)9-13-6-4-3-5-7-13/h3-7,11-12,14H,8-10H2,1-2H3,(H,17,21)(H,19,20)/t11?,12?,14-/m1/s1. The Morgan fingerprint density at radius 3 is 2.52 bits per heavy atom. The van der Waals surface area contributed by atoms with E-state index in [0.29, 0.717) is 18.9 Å². The number of nitrogens with zero attached hydrogens (tertiary/aromatic N) is 1. The summed E-state index contributed by atoms with van der Waals surface area (Å²) in [4.78, 5) is 25.4. The minimum Gasteiger partial charge on any atom is -0.480 e. The molecule has 0 radical (unpaired) electrons. The van der Waals surface area contributed by atoms with Crippen molar-refractivity contribution in [3.8, 4) is 0 Å². The summed E-state index contributed by atoms with van der Waals surface area (Å²) in [6, 6.07) is 8.31. The number of carbonyl (C=O) groups excluding carboxylic acids is 1. The van der Waals surface area contributed by atoms with Gasteiger partial charge in [0.2, 0.25) is 0 Å². The van der Waals surface area contributed by atoms with Gasteiger partial charge in [0.1, 0.15) is 6.04 Å². The minimum atomic E-state index is -1.01. The molecule has 1 aromatic rings. The minimum absolute atomic E-state index is 0.158. The van der Waals surface area contributed by atoms with Crippen LogP contribution < -0.4 is 5.32 Å². The van der Waals surface area contributed by atoms with E-state index < -0.39 is 12.0 Å². The SMILES string of the molecule is CC1CC(C)N(C(=O)N[C@H](Cc2ccccc2)C(=O)O)C1. The number of urea groups is 1. The second-order valence-electron chi connectivity index (χ2n) is 5.87. The van der Waals surface area contributed by atoms with Crippen LogP contribution in [0.2, 0.25) is 0 Å². The van der Waals surface area contributed by atoms with E-state index in [4.69, 9.17) is 0 Å². The highest BCUT2D eigenvalue weighted by molar-refractivity contribution is 5.83. The molecule has 1 aliphatic rings. The Morgan fingerprint density at radius 1 is 1.33 bits per heavy atom. The lowest BCUT2D eigenvalue weighted by Gasteiger charge is -2.24. The molecule has 0 aromatic heterocycles. The third-order valence-electron chi connectivity index (χ3n) is 3.92. The smallest absolute Gasteiger partial charge is 0.326 e. The third-order valence-corrected chi connectivity index (χ3v) is 3.92. The number of nitrogens with one attached hydrogen (secondary N) is 1. The van der Waals surface area contributed by atoms with E-state index in [1.807, 2.05) is 37.3 Å². The zero-order chi connectivity index (χ0) is 15.4. The topological polar surface area (TPSA) is 69.6 Å². The number of likely N-dealkylation sites (tertiary alicyclic amines) is 1. The van der Waals surface area contributed by atoms with Gasteiger partial charge in [0.25, 0.3) is 0 Å². The summed E-state index contributed by atoms with van der Waals surface area (Å²) < 4.78 is 0. The summed E-state index contributed by atoms with van der Waals surface area (Å²) in [5.74, 6) is -0.546. The molecule has 2 rings (SSSR count). The fraction of sp³-hybridized carbons (Fsp3) is 0.500. The molecule has 1 aromatic carbocycles. The van der Waals surface area contributed by atoms with Crippen molar-refractivity contribution in [1.82, 2.24) is 10.2 Å². The van der Waals surface area contributed by atoms with Crippen LogP contribution >= 0.6 is 0 Å². The van der Waals surface area contributed by atoms with Crippen LogP contribution in [0.5, 0.6) is 0 Å². The van der Waals surface area contributed by atoms with Crippen molar-refractivity contribution in [2.24, 2.45) is 5.92 Å². The molecule has 21 heavy (non-hydrogen) atoms. The fourth-order valence-electron chi connectivity index (χ4n) is 2.86. The molecule has 5 heteroatoms. The third kappa shape index (κ3) is 3.97. The van der Waals surface area contributed by atoms with Gasteiger partial charge in [-0.05, 0) is 24.8 Å². The van der Waals surface area contributed by atoms with Gasteiger partial charge in [-0.25, -0.2) is 9.59 Å². The lowest BCUT2D eigenvalue weighted by Crippen LogP contribution is -2.49. The van der Waals surface area contributed by atoms with Gasteiger partial charge in [-0.1, -0.05) is 37.3 Å². The van der Waals surface area contributed by atoms with Crippen LogP contribution in [0.25, 0.3) is 0 Å². The molecule has 2 unspecified atom stereocenters. The average Bonchev–Trinajstić information content (AvgIpc) is 2.78. The zero-order valence-electron chi connectivity index (χ0n) is 12.5. The monoisotopic (exact) mass is 290 g/mol. The Morgan fingerprint density at radius 2 is 2.00 bits per heavy atom. The molecule has 1 aliphatic heterocycles. The average molecular weight is 290 g/mol. The molecule has 0 saturated carbocycles. The molecule has 0 bridgehead atoms. The predicted octanol–water partition coefficient (Wildman–Crippen LogP) is 2.12. The first kappa shape index (κ1) is 15.4. The van der Waals surface area contributed by atoms with E-state index in [-0.39, 0.29) is 12.1 Å². The van der Waals surface area contributed by atoms with Gasteiger partial charge in [0.05, 0.1) is 0 Å². The van der Waals surface area contributed by atoms with Crippen molar-refractivity contribution in [3.63, 3.8) is 0 Å². The highest BCUT2D eigenvalue weighted by atomic mass is 16.4. The van der Waals surface area contributed by atoms with Crippen molar-refractivity contribution in [2.45, 2.75) is 38.8 Å². The Hall–Kier alpha value is -2.04. The second kappa shape index (κ2) is 6.61. The van der Waals surface area contributed by atoms with Gasteiger partial charge in [-0.15, -0.1) is 0 Å². The summed E-state index contributed by atoms with van der Waals surface area (Å²) in [7, 11) is 0. The molecule has 0 spiro atoms. The Balaban J connectivity index is 2.00. The number of carboxylic acid groups (broad SMARTS) is 1. The number of hydrogen-bond acceptors (Lipinski definition) is 2. The van der Waals surface area contributed by atoms with E-state index in [2.05, 4.69) is 12.2 Å². The van der Waals surface area contributed by atoms with Crippen LogP contribution in [0, 0.1) is 5.92 Å². The first-order valence-corrected chi connectivity index (χ1v) is 7.31. The molecular weight excluding hydrogens is 268 g/mol. The lowest BCUT2D eigenvalue weighted by molar-refractivity contribution is -0.139. The normalized spacial score (nSPS) is 22.9. The predicted molar refractivity (Wildman–Crippen MR) is 80.1 cm³/mol. The summed E-state index contributed by atoms with van der Waals surface area (Å²) in [5, 5.41) is 12.0. The molecule has 1 saturated heterocycles. The second-order valence-corrected chi connectivity index (χ2v) is 5.87. The largest absolute Gasteiger partial charge is 0.480 e. The quantitative estimate of drug-likeness (QED) is 0.892. The number of amides is 2. The van der Waals surface area contributed by atoms with E-state index in [1.165, 1.54) is 0 Å². The highest BCUT2D eigenvalue weighted by Crippen LogP contribution is 2.22. The molecular formula is C16H22N2O3. The van der Waals surface area contributed by atoms with E-state index in [0.717, 1.165) is 12.0 Å². The van der Waals surface area contributed by atoms with Crippen LogP contribution in [0.15, 0.2) is 30.3 Å². The van der Waals surface area contributed by atoms with Crippen LogP contribution in [0.4, 0.5) is 4.79 Å².